The number of hydrogen-bond acceptors (Lipinski definition) is 1. The van der Waals surface area contributed by atoms with Crippen LogP contribution in [-0.2, 0) is 13.5 Å². The topological polar surface area (TPSA) is 17.8 Å². The fourth-order valence-electron chi connectivity index (χ4n) is 1.75. The second-order valence-corrected chi connectivity index (χ2v) is 4.39. The Bertz CT molecular complexity index is 436. The van der Waals surface area contributed by atoms with E-state index in [1.54, 1.807) is 0 Å². The van der Waals surface area contributed by atoms with Crippen LogP contribution in [0.4, 0.5) is 0 Å². The molecular formula is C13H15ClN2. The largest absolute Gasteiger partial charge is 0.273 e. The summed E-state index contributed by atoms with van der Waals surface area (Å²) in [5.41, 5.74) is 2.41. The van der Waals surface area contributed by atoms with Gasteiger partial charge in [0, 0.05) is 18.9 Å². The molecule has 0 saturated heterocycles. The maximum Gasteiger partial charge on any atom is 0.0589 e. The van der Waals surface area contributed by atoms with E-state index in [-0.39, 0.29) is 5.38 Å². The Balaban J connectivity index is 1.94. The van der Waals surface area contributed by atoms with Crippen LogP contribution in [0.5, 0.6) is 0 Å². The average Bonchev–Trinajstić information content (AvgIpc) is 2.73. The van der Waals surface area contributed by atoms with Gasteiger partial charge in [-0.05, 0) is 24.5 Å². The summed E-state index contributed by atoms with van der Waals surface area (Å²) in [6.07, 6.45) is 3.71. The predicted octanol–water partition coefficient (Wildman–Crippen LogP) is 3.33. The lowest BCUT2D eigenvalue weighted by atomic mass is 10.1. The van der Waals surface area contributed by atoms with E-state index < -0.39 is 0 Å². The van der Waals surface area contributed by atoms with E-state index >= 15 is 0 Å². The Morgan fingerprint density at radius 1 is 1.25 bits per heavy atom. The van der Waals surface area contributed by atoms with Crippen LogP contribution in [-0.4, -0.2) is 9.78 Å². The van der Waals surface area contributed by atoms with Crippen molar-refractivity contribution >= 4 is 11.6 Å². The van der Waals surface area contributed by atoms with Gasteiger partial charge in [0.2, 0.25) is 0 Å². The Labute approximate surface area is 101 Å². The maximum absolute atomic E-state index is 6.35. The number of aromatic nitrogens is 2. The van der Waals surface area contributed by atoms with Crippen molar-refractivity contribution < 1.29 is 0 Å². The van der Waals surface area contributed by atoms with Gasteiger partial charge in [-0.2, -0.15) is 5.10 Å². The van der Waals surface area contributed by atoms with Crippen LogP contribution >= 0.6 is 11.6 Å². The van der Waals surface area contributed by atoms with Gasteiger partial charge in [0.25, 0.3) is 0 Å². The molecule has 1 aromatic carbocycles. The van der Waals surface area contributed by atoms with Crippen molar-refractivity contribution in [1.82, 2.24) is 9.78 Å². The summed E-state index contributed by atoms with van der Waals surface area (Å²) in [4.78, 5) is 0. The van der Waals surface area contributed by atoms with E-state index in [1.807, 2.05) is 42.2 Å². The highest BCUT2D eigenvalue weighted by molar-refractivity contribution is 6.20. The van der Waals surface area contributed by atoms with Crippen LogP contribution < -0.4 is 0 Å². The van der Waals surface area contributed by atoms with Crippen molar-refractivity contribution in [2.45, 2.75) is 18.2 Å². The smallest absolute Gasteiger partial charge is 0.0589 e. The van der Waals surface area contributed by atoms with Gasteiger partial charge in [-0.25, -0.2) is 0 Å². The van der Waals surface area contributed by atoms with E-state index in [0.717, 1.165) is 12.8 Å². The van der Waals surface area contributed by atoms with E-state index in [2.05, 4.69) is 17.2 Å². The molecule has 0 amide bonds. The van der Waals surface area contributed by atoms with Crippen LogP contribution in [0.25, 0.3) is 0 Å². The Hall–Kier alpha value is -1.28. The molecule has 2 nitrogen and oxygen atoms in total. The standard InChI is InChI=1S/C13H15ClN2/c1-16-12(9-10-15-16)7-8-13(14)11-5-3-2-4-6-11/h2-6,9-10,13H,7-8H2,1H3. The SMILES string of the molecule is Cn1nccc1CCC(Cl)c1ccccc1. The summed E-state index contributed by atoms with van der Waals surface area (Å²) in [6, 6.07) is 12.2. The third kappa shape index (κ3) is 2.64. The Morgan fingerprint density at radius 2 is 2.00 bits per heavy atom. The third-order valence-corrected chi connectivity index (χ3v) is 3.21. The average molecular weight is 235 g/mol. The predicted molar refractivity (Wildman–Crippen MR) is 66.6 cm³/mol. The molecule has 0 fully saturated rings. The number of halogens is 1. The van der Waals surface area contributed by atoms with Crippen LogP contribution in [0, 0.1) is 0 Å². The van der Waals surface area contributed by atoms with Crippen molar-refractivity contribution in [1.29, 1.82) is 0 Å². The molecule has 1 unspecified atom stereocenters. The van der Waals surface area contributed by atoms with Gasteiger partial charge in [0.15, 0.2) is 0 Å². The van der Waals surface area contributed by atoms with Crippen LogP contribution in [0.2, 0.25) is 0 Å². The van der Waals surface area contributed by atoms with Crippen molar-refractivity contribution in [3.8, 4) is 0 Å². The third-order valence-electron chi connectivity index (χ3n) is 2.74. The molecule has 0 aliphatic rings. The molecule has 2 rings (SSSR count). The zero-order chi connectivity index (χ0) is 11.4. The Kier molecular flexibility index (Phi) is 3.62. The number of aryl methyl sites for hydroxylation is 2. The summed E-state index contributed by atoms with van der Waals surface area (Å²) in [5, 5.41) is 4.22. The molecule has 0 spiro atoms. The molecule has 0 aliphatic carbocycles. The van der Waals surface area contributed by atoms with Crippen molar-refractivity contribution in [2.75, 3.05) is 0 Å². The minimum atomic E-state index is 0.0797. The minimum absolute atomic E-state index is 0.0797. The van der Waals surface area contributed by atoms with E-state index in [0.29, 0.717) is 0 Å². The lowest BCUT2D eigenvalue weighted by Gasteiger charge is -2.09. The van der Waals surface area contributed by atoms with Crippen LogP contribution in [0.1, 0.15) is 23.1 Å². The molecule has 0 bridgehead atoms. The molecule has 1 aromatic heterocycles. The van der Waals surface area contributed by atoms with Gasteiger partial charge in [-0.1, -0.05) is 30.3 Å². The number of hydrogen-bond donors (Lipinski definition) is 0. The molecule has 1 heterocycles. The first kappa shape index (κ1) is 11.2. The normalized spacial score (nSPS) is 12.6. The monoisotopic (exact) mass is 234 g/mol. The molecule has 0 aliphatic heterocycles. The van der Waals surface area contributed by atoms with Crippen molar-refractivity contribution in [3.05, 3.63) is 53.9 Å². The summed E-state index contributed by atoms with van der Waals surface area (Å²) in [6.45, 7) is 0. The van der Waals surface area contributed by atoms with Crippen LogP contribution in [0.3, 0.4) is 0 Å². The molecule has 3 heteroatoms. The van der Waals surface area contributed by atoms with Gasteiger partial charge in [0.05, 0.1) is 5.38 Å². The lowest BCUT2D eigenvalue weighted by molar-refractivity contribution is 0.676. The first-order valence-corrected chi connectivity index (χ1v) is 5.87. The fraction of sp³-hybridized carbons (Fsp3) is 0.308. The van der Waals surface area contributed by atoms with Crippen molar-refractivity contribution in [3.63, 3.8) is 0 Å². The highest BCUT2D eigenvalue weighted by atomic mass is 35.5. The van der Waals surface area contributed by atoms with E-state index in [4.69, 9.17) is 11.6 Å². The molecule has 84 valence electrons. The number of benzene rings is 1. The fourth-order valence-corrected chi connectivity index (χ4v) is 2.00. The van der Waals surface area contributed by atoms with E-state index in [9.17, 15) is 0 Å². The molecule has 0 radical (unpaired) electrons. The summed E-state index contributed by atoms with van der Waals surface area (Å²) < 4.78 is 1.90. The number of rotatable bonds is 4. The molecule has 1 atom stereocenters. The molecule has 0 N–H and O–H groups in total. The van der Waals surface area contributed by atoms with Crippen LogP contribution in [0.15, 0.2) is 42.6 Å². The zero-order valence-corrected chi connectivity index (χ0v) is 10.1. The van der Waals surface area contributed by atoms with Crippen molar-refractivity contribution in [2.24, 2.45) is 7.05 Å². The Morgan fingerprint density at radius 3 is 2.62 bits per heavy atom. The quantitative estimate of drug-likeness (QED) is 0.742. The minimum Gasteiger partial charge on any atom is -0.273 e. The zero-order valence-electron chi connectivity index (χ0n) is 9.31. The molecule has 16 heavy (non-hydrogen) atoms. The molecule has 2 aromatic rings. The summed E-state index contributed by atoms with van der Waals surface area (Å²) in [7, 11) is 1.96. The van der Waals surface area contributed by atoms with Gasteiger partial charge in [-0.3, -0.25) is 4.68 Å². The molecule has 0 saturated carbocycles. The first-order chi connectivity index (χ1) is 7.77. The highest BCUT2D eigenvalue weighted by Gasteiger charge is 2.08. The summed E-state index contributed by atoms with van der Waals surface area (Å²) >= 11 is 6.35. The highest BCUT2D eigenvalue weighted by Crippen LogP contribution is 2.25. The summed E-state index contributed by atoms with van der Waals surface area (Å²) in [5.74, 6) is 0. The molecular weight excluding hydrogens is 220 g/mol. The van der Waals surface area contributed by atoms with Gasteiger partial charge in [0.1, 0.15) is 0 Å². The maximum atomic E-state index is 6.35. The number of nitrogens with zero attached hydrogens (tertiary/aromatic N) is 2. The van der Waals surface area contributed by atoms with Gasteiger partial charge >= 0.3 is 0 Å². The van der Waals surface area contributed by atoms with E-state index in [1.165, 1.54) is 11.3 Å². The van der Waals surface area contributed by atoms with Gasteiger partial charge < -0.3 is 0 Å². The lowest BCUT2D eigenvalue weighted by Crippen LogP contribution is -2.00. The second kappa shape index (κ2) is 5.17. The van der Waals surface area contributed by atoms with Gasteiger partial charge in [-0.15, -0.1) is 11.6 Å². The second-order valence-electron chi connectivity index (χ2n) is 3.86. The first-order valence-electron chi connectivity index (χ1n) is 5.43. The number of alkyl halides is 1.